The quantitative estimate of drug-likeness (QED) is 0.803. The van der Waals surface area contributed by atoms with Gasteiger partial charge in [-0.1, -0.05) is 55.7 Å². The number of nitrogens with zero attached hydrogens (tertiary/aromatic N) is 2. The molecule has 1 unspecified atom stereocenters. The zero-order chi connectivity index (χ0) is 21.0. The van der Waals surface area contributed by atoms with E-state index in [0.29, 0.717) is 18.7 Å². The van der Waals surface area contributed by atoms with Crippen molar-refractivity contribution in [2.24, 2.45) is 0 Å². The third-order valence-electron chi connectivity index (χ3n) is 6.47. The summed E-state index contributed by atoms with van der Waals surface area (Å²) < 4.78 is 0. The summed E-state index contributed by atoms with van der Waals surface area (Å²) in [5, 5.41) is 23.0. The van der Waals surface area contributed by atoms with Crippen LogP contribution in [0, 0.1) is 11.3 Å². The highest BCUT2D eigenvalue weighted by atomic mass is 16.3. The molecule has 30 heavy (non-hydrogen) atoms. The topological polar surface area (TPSA) is 76.4 Å². The molecule has 2 N–H and O–H groups in total. The monoisotopic (exact) mass is 403 g/mol. The van der Waals surface area contributed by atoms with Crippen LogP contribution in [0.1, 0.15) is 60.4 Å². The van der Waals surface area contributed by atoms with Crippen LogP contribution in [-0.4, -0.2) is 41.1 Å². The smallest absolute Gasteiger partial charge is 0.237 e. The van der Waals surface area contributed by atoms with Gasteiger partial charge < -0.3 is 15.3 Å². The van der Waals surface area contributed by atoms with Crippen molar-refractivity contribution in [1.29, 1.82) is 5.26 Å². The molecular formula is C25H29N3O2. The molecule has 0 radical (unpaired) electrons. The maximum atomic E-state index is 13.2. The molecule has 5 nitrogen and oxygen atoms in total. The van der Waals surface area contributed by atoms with E-state index >= 15 is 0 Å². The van der Waals surface area contributed by atoms with E-state index in [1.54, 1.807) is 0 Å². The number of hydrogen-bond acceptors (Lipinski definition) is 4. The normalized spacial score (nSPS) is 20.3. The van der Waals surface area contributed by atoms with Gasteiger partial charge in [0.1, 0.15) is 0 Å². The van der Waals surface area contributed by atoms with E-state index in [9.17, 15) is 9.90 Å². The lowest BCUT2D eigenvalue weighted by Gasteiger charge is -2.38. The second-order valence-corrected chi connectivity index (χ2v) is 8.56. The highest BCUT2D eigenvalue weighted by Crippen LogP contribution is 2.35. The molecule has 0 spiro atoms. The molecule has 2 aliphatic rings. The van der Waals surface area contributed by atoms with Crippen LogP contribution in [0.5, 0.6) is 0 Å². The highest BCUT2D eigenvalue weighted by Gasteiger charge is 2.33. The van der Waals surface area contributed by atoms with Gasteiger partial charge in [-0.2, -0.15) is 5.26 Å². The van der Waals surface area contributed by atoms with Crippen LogP contribution >= 0.6 is 0 Å². The van der Waals surface area contributed by atoms with Crippen molar-refractivity contribution in [3.05, 3.63) is 70.8 Å². The predicted molar refractivity (Wildman–Crippen MR) is 116 cm³/mol. The van der Waals surface area contributed by atoms with E-state index in [-0.39, 0.29) is 18.5 Å². The Hall–Kier alpha value is -2.68. The van der Waals surface area contributed by atoms with Crippen LogP contribution < -0.4 is 5.32 Å². The van der Waals surface area contributed by atoms with Crippen LogP contribution in [0.4, 0.5) is 0 Å². The van der Waals surface area contributed by atoms with E-state index in [2.05, 4.69) is 23.5 Å². The molecule has 1 aliphatic heterocycles. The van der Waals surface area contributed by atoms with Gasteiger partial charge in [-0.3, -0.25) is 4.79 Å². The van der Waals surface area contributed by atoms with Crippen LogP contribution in [-0.2, 0) is 11.2 Å². The molecular weight excluding hydrogens is 374 g/mol. The van der Waals surface area contributed by atoms with E-state index in [1.807, 2.05) is 41.3 Å². The number of amides is 1. The molecule has 1 fully saturated rings. The molecule has 1 heterocycles. The lowest BCUT2D eigenvalue weighted by atomic mass is 9.85. The summed E-state index contributed by atoms with van der Waals surface area (Å²) in [5.41, 5.74) is 3.36. The van der Waals surface area contributed by atoms with E-state index in [4.69, 9.17) is 5.26 Å². The largest absolute Gasteiger partial charge is 0.389 e. The number of nitrogens with one attached hydrogen (secondary N) is 1. The second kappa shape index (κ2) is 8.99. The van der Waals surface area contributed by atoms with Gasteiger partial charge in [0.05, 0.1) is 29.8 Å². The highest BCUT2D eigenvalue weighted by molar-refractivity contribution is 5.79. The van der Waals surface area contributed by atoms with Crippen LogP contribution in [0.3, 0.4) is 0 Å². The first kappa shape index (κ1) is 20.6. The Morgan fingerprint density at radius 3 is 2.60 bits per heavy atom. The molecule has 1 atom stereocenters. The molecule has 0 bridgehead atoms. The Labute approximate surface area is 178 Å². The molecule has 1 saturated carbocycles. The molecule has 5 heteroatoms. The van der Waals surface area contributed by atoms with Crippen molar-refractivity contribution in [2.45, 2.75) is 50.2 Å². The fraction of sp³-hybridized carbons (Fsp3) is 0.440. The van der Waals surface area contributed by atoms with Crippen molar-refractivity contribution in [3.63, 3.8) is 0 Å². The molecule has 0 aromatic heterocycles. The van der Waals surface area contributed by atoms with Crippen molar-refractivity contribution in [1.82, 2.24) is 10.2 Å². The van der Waals surface area contributed by atoms with Gasteiger partial charge in [0.15, 0.2) is 0 Å². The minimum absolute atomic E-state index is 0.0401. The number of benzene rings is 2. The van der Waals surface area contributed by atoms with Gasteiger partial charge in [0.2, 0.25) is 5.91 Å². The summed E-state index contributed by atoms with van der Waals surface area (Å²) in [5.74, 6) is 0.0401. The standard InChI is InChI=1S/C25H29N3O2/c26-16-19-8-10-21(11-9-19)24-22-7-3-2-6-20(22)12-15-28(24)23(29)17-27-18-25(30)13-4-1-5-14-25/h2-3,6-11,24,27,30H,1,4-5,12-15,17-18H2. The Kier molecular flexibility index (Phi) is 6.17. The van der Waals surface area contributed by atoms with E-state index in [1.165, 1.54) is 12.0 Å². The Morgan fingerprint density at radius 2 is 1.87 bits per heavy atom. The molecule has 1 aliphatic carbocycles. The molecule has 1 amide bonds. The number of carbonyl (C=O) groups is 1. The lowest BCUT2D eigenvalue weighted by molar-refractivity contribution is -0.132. The summed E-state index contributed by atoms with van der Waals surface area (Å²) in [7, 11) is 0. The minimum Gasteiger partial charge on any atom is -0.389 e. The van der Waals surface area contributed by atoms with Crippen molar-refractivity contribution in [2.75, 3.05) is 19.6 Å². The fourth-order valence-electron chi connectivity index (χ4n) is 4.82. The first-order valence-corrected chi connectivity index (χ1v) is 10.9. The summed E-state index contributed by atoms with van der Waals surface area (Å²) >= 11 is 0. The van der Waals surface area contributed by atoms with E-state index in [0.717, 1.165) is 43.2 Å². The summed E-state index contributed by atoms with van der Waals surface area (Å²) in [6.07, 6.45) is 5.73. The van der Waals surface area contributed by atoms with Crippen LogP contribution in [0.25, 0.3) is 0 Å². The Balaban J connectivity index is 1.51. The van der Waals surface area contributed by atoms with Gasteiger partial charge >= 0.3 is 0 Å². The zero-order valence-electron chi connectivity index (χ0n) is 17.3. The predicted octanol–water partition coefficient (Wildman–Crippen LogP) is 3.32. The van der Waals surface area contributed by atoms with Crippen molar-refractivity contribution in [3.8, 4) is 6.07 Å². The number of rotatable bonds is 5. The Morgan fingerprint density at radius 1 is 1.13 bits per heavy atom. The molecule has 2 aromatic rings. The number of aliphatic hydroxyl groups is 1. The first-order valence-electron chi connectivity index (χ1n) is 10.9. The van der Waals surface area contributed by atoms with Crippen molar-refractivity contribution < 1.29 is 9.90 Å². The van der Waals surface area contributed by atoms with Crippen molar-refractivity contribution >= 4 is 5.91 Å². The first-order chi connectivity index (χ1) is 14.6. The van der Waals surface area contributed by atoms with Gasteiger partial charge in [-0.25, -0.2) is 0 Å². The minimum atomic E-state index is -0.681. The van der Waals surface area contributed by atoms with Gasteiger partial charge in [-0.15, -0.1) is 0 Å². The van der Waals surface area contributed by atoms with Crippen LogP contribution in [0.15, 0.2) is 48.5 Å². The van der Waals surface area contributed by atoms with Crippen LogP contribution in [0.2, 0.25) is 0 Å². The van der Waals surface area contributed by atoms with Gasteiger partial charge in [0.25, 0.3) is 0 Å². The molecule has 156 valence electrons. The maximum Gasteiger partial charge on any atom is 0.237 e. The lowest BCUT2D eigenvalue weighted by Crippen LogP contribution is -2.48. The van der Waals surface area contributed by atoms with E-state index < -0.39 is 5.60 Å². The average molecular weight is 404 g/mol. The molecule has 4 rings (SSSR count). The zero-order valence-corrected chi connectivity index (χ0v) is 17.3. The third kappa shape index (κ3) is 4.40. The molecule has 2 aromatic carbocycles. The summed E-state index contributed by atoms with van der Waals surface area (Å²) in [6, 6.07) is 17.8. The molecule has 0 saturated heterocycles. The second-order valence-electron chi connectivity index (χ2n) is 8.56. The average Bonchev–Trinajstić information content (AvgIpc) is 2.78. The summed E-state index contributed by atoms with van der Waals surface area (Å²) in [4.78, 5) is 15.1. The number of nitriles is 1. The SMILES string of the molecule is N#Cc1ccc(C2c3ccccc3CCN2C(=O)CNCC2(O)CCCCC2)cc1. The number of carbonyl (C=O) groups excluding carboxylic acids is 1. The third-order valence-corrected chi connectivity index (χ3v) is 6.47. The Bertz CT molecular complexity index is 926. The number of hydrogen-bond donors (Lipinski definition) is 2. The van der Waals surface area contributed by atoms with Gasteiger partial charge in [0, 0.05) is 13.1 Å². The maximum absolute atomic E-state index is 13.2. The van der Waals surface area contributed by atoms with Gasteiger partial charge in [-0.05, 0) is 48.1 Å². The summed E-state index contributed by atoms with van der Waals surface area (Å²) in [6.45, 7) is 1.34. The fourth-order valence-corrected chi connectivity index (χ4v) is 4.82. The number of fused-ring (bicyclic) bond motifs is 1.